The number of ketones is 1. The Morgan fingerprint density at radius 3 is 2.62 bits per heavy atom. The number of amides is 1. The van der Waals surface area contributed by atoms with Crippen molar-refractivity contribution in [2.75, 3.05) is 18.1 Å². The normalized spacial score (nSPS) is 18.3. The Morgan fingerprint density at radius 1 is 1.08 bits per heavy atom. The van der Waals surface area contributed by atoms with Crippen LogP contribution in [0.1, 0.15) is 62.4 Å². The molecule has 3 heterocycles. The third kappa shape index (κ3) is 7.05. The second-order valence-corrected chi connectivity index (χ2v) is 14.2. The van der Waals surface area contributed by atoms with Gasteiger partial charge >= 0.3 is 5.91 Å². The molecule has 1 fully saturated rings. The minimum Gasteiger partial charge on any atom is -0.507 e. The van der Waals surface area contributed by atoms with Crippen LogP contribution in [0.15, 0.2) is 70.6 Å². The molecule has 0 radical (unpaired) electrons. The fourth-order valence-electron chi connectivity index (χ4n) is 5.64. The number of aliphatic hydroxyl groups excluding tert-OH is 1. The molecule has 12 heteroatoms. The van der Waals surface area contributed by atoms with Gasteiger partial charge in [0, 0.05) is 17.7 Å². The fraction of sp³-hybridized carbons (Fsp3) is 0.333. The lowest BCUT2D eigenvalue weighted by Gasteiger charge is -2.24. The van der Waals surface area contributed by atoms with Crippen molar-refractivity contribution in [3.63, 3.8) is 0 Å². The molecule has 9 nitrogen and oxygen atoms in total. The lowest BCUT2D eigenvalue weighted by Crippen LogP contribution is -2.29. The highest BCUT2D eigenvalue weighted by Gasteiger charge is 2.48. The van der Waals surface area contributed by atoms with Crippen molar-refractivity contribution in [3.8, 4) is 17.2 Å². The number of halogens is 1. The van der Waals surface area contributed by atoms with E-state index in [4.69, 9.17) is 14.2 Å². The molecule has 2 aliphatic rings. The van der Waals surface area contributed by atoms with Crippen LogP contribution in [-0.2, 0) is 21.8 Å². The van der Waals surface area contributed by atoms with E-state index in [-0.39, 0.29) is 28.4 Å². The standard InChI is InChI=1S/C36H36FN3O6S2/c1-5-44-29-18-23(8-13-28(29)45-15-14-20(2)3)31-30(32(41)24-9-12-27-25(17-24)16-21(4)46-27)33(42)34(43)40(31)35-38-39-36(48-35)47-19-22-6-10-26(37)11-7-22/h6-13,17-18,20-21,31,41H,5,14-16,19H2,1-4H3/b32-30+/t21-,31+/m1/s1. The number of thioether (sulfide) groups is 1. The lowest BCUT2D eigenvalue weighted by molar-refractivity contribution is -0.132. The van der Waals surface area contributed by atoms with Gasteiger partial charge in [-0.25, -0.2) is 4.39 Å². The van der Waals surface area contributed by atoms with E-state index < -0.39 is 17.7 Å². The fourth-order valence-corrected chi connectivity index (χ4v) is 7.46. The summed E-state index contributed by atoms with van der Waals surface area (Å²) in [4.78, 5) is 28.9. The Labute approximate surface area is 286 Å². The van der Waals surface area contributed by atoms with E-state index in [1.54, 1.807) is 48.5 Å². The summed E-state index contributed by atoms with van der Waals surface area (Å²) in [6.45, 7) is 8.93. The van der Waals surface area contributed by atoms with Crippen molar-refractivity contribution < 1.29 is 33.3 Å². The van der Waals surface area contributed by atoms with E-state index >= 15 is 0 Å². The molecule has 48 heavy (non-hydrogen) atoms. The van der Waals surface area contributed by atoms with Gasteiger partial charge in [0.1, 0.15) is 23.4 Å². The van der Waals surface area contributed by atoms with Crippen LogP contribution in [0.25, 0.3) is 5.76 Å². The van der Waals surface area contributed by atoms with E-state index in [2.05, 4.69) is 24.0 Å². The molecule has 0 aliphatic carbocycles. The molecule has 3 aromatic carbocycles. The maximum absolute atomic E-state index is 13.8. The number of aliphatic hydroxyl groups is 1. The van der Waals surface area contributed by atoms with Crippen molar-refractivity contribution in [2.24, 2.45) is 5.92 Å². The number of benzene rings is 3. The molecule has 2 aliphatic heterocycles. The predicted octanol–water partition coefficient (Wildman–Crippen LogP) is 7.74. The first kappa shape index (κ1) is 33.5. The molecule has 1 saturated heterocycles. The van der Waals surface area contributed by atoms with Crippen LogP contribution in [0.2, 0.25) is 0 Å². The van der Waals surface area contributed by atoms with Gasteiger partial charge in [-0.2, -0.15) is 0 Å². The minimum atomic E-state index is -1.03. The highest BCUT2D eigenvalue weighted by atomic mass is 32.2. The van der Waals surface area contributed by atoms with Crippen LogP contribution in [0.4, 0.5) is 9.52 Å². The zero-order chi connectivity index (χ0) is 33.9. The van der Waals surface area contributed by atoms with Crippen molar-refractivity contribution in [1.82, 2.24) is 10.2 Å². The number of fused-ring (bicyclic) bond motifs is 1. The number of hydrogen-bond donors (Lipinski definition) is 1. The summed E-state index contributed by atoms with van der Waals surface area (Å²) in [5.74, 6) is 0.408. The number of hydrogen-bond acceptors (Lipinski definition) is 10. The number of carbonyl (C=O) groups is 2. The summed E-state index contributed by atoms with van der Waals surface area (Å²) in [6.07, 6.45) is 1.51. The maximum atomic E-state index is 13.8. The first-order valence-electron chi connectivity index (χ1n) is 15.8. The number of ether oxygens (including phenoxy) is 3. The number of rotatable bonds is 12. The molecule has 0 saturated carbocycles. The molecule has 1 N–H and O–H groups in total. The van der Waals surface area contributed by atoms with E-state index in [0.717, 1.165) is 34.6 Å². The van der Waals surface area contributed by atoms with Gasteiger partial charge in [0.2, 0.25) is 5.13 Å². The number of anilines is 1. The van der Waals surface area contributed by atoms with E-state index in [0.29, 0.717) is 58.3 Å². The molecule has 6 rings (SSSR count). The number of aromatic nitrogens is 2. The molecule has 0 spiro atoms. The van der Waals surface area contributed by atoms with Gasteiger partial charge in [0.15, 0.2) is 15.8 Å². The first-order chi connectivity index (χ1) is 23.1. The largest absolute Gasteiger partial charge is 0.507 e. The van der Waals surface area contributed by atoms with Gasteiger partial charge in [-0.05, 0) is 85.3 Å². The summed E-state index contributed by atoms with van der Waals surface area (Å²) in [6, 6.07) is 15.7. The smallest absolute Gasteiger partial charge is 0.301 e. The Morgan fingerprint density at radius 2 is 1.88 bits per heavy atom. The van der Waals surface area contributed by atoms with Crippen LogP contribution < -0.4 is 19.1 Å². The van der Waals surface area contributed by atoms with Gasteiger partial charge in [-0.1, -0.05) is 55.1 Å². The second-order valence-electron chi connectivity index (χ2n) is 12.1. The van der Waals surface area contributed by atoms with Crippen molar-refractivity contribution in [2.45, 2.75) is 62.8 Å². The van der Waals surface area contributed by atoms with Crippen molar-refractivity contribution >= 4 is 45.7 Å². The number of nitrogens with zero attached hydrogens (tertiary/aromatic N) is 3. The van der Waals surface area contributed by atoms with Crippen molar-refractivity contribution in [3.05, 3.63) is 94.3 Å². The van der Waals surface area contributed by atoms with Crippen LogP contribution in [0, 0.1) is 11.7 Å². The van der Waals surface area contributed by atoms with Gasteiger partial charge in [0.25, 0.3) is 5.78 Å². The lowest BCUT2D eigenvalue weighted by atomic mass is 9.94. The van der Waals surface area contributed by atoms with Crippen molar-refractivity contribution in [1.29, 1.82) is 0 Å². The topological polar surface area (TPSA) is 111 Å². The van der Waals surface area contributed by atoms with Gasteiger partial charge in [0.05, 0.1) is 24.8 Å². The number of carbonyl (C=O) groups excluding carboxylic acids is 2. The van der Waals surface area contributed by atoms with Crippen LogP contribution in [-0.4, -0.2) is 46.3 Å². The summed E-state index contributed by atoms with van der Waals surface area (Å²) >= 11 is 2.54. The quantitative estimate of drug-likeness (QED) is 0.0525. The summed E-state index contributed by atoms with van der Waals surface area (Å²) < 4.78 is 31.8. The SMILES string of the molecule is CCOc1cc([C@H]2/C(=C(\O)c3ccc4c(c3)C[C@@H](C)O4)C(=O)C(=O)N2c2nnc(SCc3ccc(F)cc3)s2)ccc1OCCC(C)C. The molecule has 1 amide bonds. The van der Waals surface area contributed by atoms with E-state index in [1.807, 2.05) is 13.8 Å². The third-order valence-corrected chi connectivity index (χ3v) is 10.2. The molecule has 4 aromatic rings. The zero-order valence-corrected chi connectivity index (χ0v) is 28.7. The first-order valence-corrected chi connectivity index (χ1v) is 17.6. The molecular weight excluding hydrogens is 654 g/mol. The van der Waals surface area contributed by atoms with Crippen LogP contribution >= 0.6 is 23.1 Å². The highest BCUT2D eigenvalue weighted by molar-refractivity contribution is 8.00. The molecule has 1 aromatic heterocycles. The average molecular weight is 690 g/mol. The third-order valence-electron chi connectivity index (χ3n) is 8.03. The van der Waals surface area contributed by atoms with Gasteiger partial charge in [-0.15, -0.1) is 10.2 Å². The second kappa shape index (κ2) is 14.4. The Balaban J connectivity index is 1.40. The number of Topliss-reactive ketones (excluding diaryl/α,β-unsaturated/α-hetero) is 1. The summed E-state index contributed by atoms with van der Waals surface area (Å²) in [5.41, 5.74) is 2.67. The Hall–Kier alpha value is -4.42. The maximum Gasteiger partial charge on any atom is 0.301 e. The molecule has 0 bridgehead atoms. The molecule has 0 unspecified atom stereocenters. The summed E-state index contributed by atoms with van der Waals surface area (Å²) in [5, 5.41) is 20.5. The Bertz CT molecular complexity index is 1860. The monoisotopic (exact) mass is 689 g/mol. The molecule has 2 atom stereocenters. The van der Waals surface area contributed by atoms with E-state index in [9.17, 15) is 19.1 Å². The average Bonchev–Trinajstić information content (AvgIpc) is 3.75. The molecule has 250 valence electrons. The van der Waals surface area contributed by atoms with Gasteiger partial charge in [-0.3, -0.25) is 14.5 Å². The Kier molecular flexibility index (Phi) is 10.0. The minimum absolute atomic E-state index is 0.00578. The van der Waals surface area contributed by atoms with Crippen LogP contribution in [0.3, 0.4) is 0 Å². The van der Waals surface area contributed by atoms with Crippen LogP contribution in [0.5, 0.6) is 17.2 Å². The zero-order valence-electron chi connectivity index (χ0n) is 27.1. The predicted molar refractivity (Wildman–Crippen MR) is 183 cm³/mol. The molecular formula is C36H36FN3O6S2. The van der Waals surface area contributed by atoms with Gasteiger partial charge < -0.3 is 19.3 Å². The summed E-state index contributed by atoms with van der Waals surface area (Å²) in [7, 11) is 0. The van der Waals surface area contributed by atoms with E-state index in [1.165, 1.54) is 28.8 Å². The highest BCUT2D eigenvalue weighted by Crippen LogP contribution is 2.46.